The third-order valence-electron chi connectivity index (χ3n) is 1.73. The molecule has 1 aromatic rings. The van der Waals surface area contributed by atoms with E-state index in [0.29, 0.717) is 12.4 Å². The van der Waals surface area contributed by atoms with Crippen molar-refractivity contribution in [1.29, 1.82) is 5.41 Å². The number of hydrogen-bond acceptors (Lipinski definition) is 2. The molecular formula is C10H13IN4. The van der Waals surface area contributed by atoms with Gasteiger partial charge in [0.05, 0.1) is 18.8 Å². The van der Waals surface area contributed by atoms with Crippen LogP contribution >= 0.6 is 22.6 Å². The van der Waals surface area contributed by atoms with Gasteiger partial charge in [-0.15, -0.1) is 0 Å². The first-order valence-electron chi connectivity index (χ1n) is 4.44. The molecule has 4 nitrogen and oxygen atoms in total. The Bertz CT molecular complexity index is 387. The van der Waals surface area contributed by atoms with E-state index in [1.165, 1.54) is 3.57 Å². The van der Waals surface area contributed by atoms with Gasteiger partial charge in [-0.2, -0.15) is 0 Å². The molecule has 0 aliphatic carbocycles. The number of halogens is 1. The minimum Gasteiger partial charge on any atom is -0.387 e. The smallest absolute Gasteiger partial charge is 0.102 e. The van der Waals surface area contributed by atoms with Crippen molar-refractivity contribution >= 4 is 34.3 Å². The molecule has 0 aromatic heterocycles. The topological polar surface area (TPSA) is 88.2 Å². The summed E-state index contributed by atoms with van der Waals surface area (Å²) in [6, 6.07) is 8.04. The SMILES string of the molecule is N=C(N)CC(N)=NCc1cccc(I)c1. The maximum absolute atomic E-state index is 7.06. The normalized spacial score (nSPS) is 11.4. The van der Waals surface area contributed by atoms with E-state index in [4.69, 9.17) is 16.9 Å². The predicted octanol–water partition coefficient (Wildman–Crippen LogP) is 1.47. The van der Waals surface area contributed by atoms with Crippen LogP contribution in [0.2, 0.25) is 0 Å². The van der Waals surface area contributed by atoms with Crippen molar-refractivity contribution < 1.29 is 0 Å². The summed E-state index contributed by atoms with van der Waals surface area (Å²) in [6.45, 7) is 0.538. The minimum atomic E-state index is 0.0406. The molecule has 15 heavy (non-hydrogen) atoms. The molecule has 0 heterocycles. The number of amidine groups is 2. The van der Waals surface area contributed by atoms with Gasteiger partial charge in [-0.25, -0.2) is 0 Å². The van der Waals surface area contributed by atoms with Crippen LogP contribution in [-0.4, -0.2) is 11.7 Å². The fourth-order valence-corrected chi connectivity index (χ4v) is 1.69. The van der Waals surface area contributed by atoms with E-state index in [9.17, 15) is 0 Å². The lowest BCUT2D eigenvalue weighted by Gasteiger charge is -2.00. The largest absolute Gasteiger partial charge is 0.387 e. The van der Waals surface area contributed by atoms with Gasteiger partial charge in [-0.3, -0.25) is 10.4 Å². The van der Waals surface area contributed by atoms with E-state index < -0.39 is 0 Å². The molecule has 5 heteroatoms. The fourth-order valence-electron chi connectivity index (χ4n) is 1.08. The number of nitrogens with zero attached hydrogens (tertiary/aromatic N) is 1. The standard InChI is InChI=1S/C10H13IN4/c11-8-3-1-2-7(4-8)6-15-10(14)5-9(12)13/h1-4H,5-6H2,(H3,12,13)(H2,14,15). The highest BCUT2D eigenvalue weighted by Crippen LogP contribution is 2.08. The summed E-state index contributed by atoms with van der Waals surface area (Å²) < 4.78 is 1.17. The minimum absolute atomic E-state index is 0.0406. The molecular weight excluding hydrogens is 303 g/mol. The van der Waals surface area contributed by atoms with Gasteiger partial charge in [0.2, 0.25) is 0 Å². The summed E-state index contributed by atoms with van der Waals surface area (Å²) in [5.74, 6) is 0.445. The average molecular weight is 316 g/mol. The lowest BCUT2D eigenvalue weighted by molar-refractivity contribution is 1.05. The van der Waals surface area contributed by atoms with Crippen LogP contribution in [0.25, 0.3) is 0 Å². The molecule has 1 aromatic carbocycles. The van der Waals surface area contributed by atoms with E-state index in [-0.39, 0.29) is 12.3 Å². The van der Waals surface area contributed by atoms with Gasteiger partial charge in [0, 0.05) is 3.57 Å². The van der Waals surface area contributed by atoms with Gasteiger partial charge in [-0.05, 0) is 40.3 Å². The number of nitrogens with one attached hydrogen (secondary N) is 1. The Kier molecular flexibility index (Phi) is 4.54. The zero-order valence-electron chi connectivity index (χ0n) is 8.20. The van der Waals surface area contributed by atoms with Gasteiger partial charge in [-0.1, -0.05) is 12.1 Å². The molecule has 0 amide bonds. The molecule has 5 N–H and O–H groups in total. The molecule has 0 spiro atoms. The van der Waals surface area contributed by atoms with Crippen molar-refractivity contribution in [3.05, 3.63) is 33.4 Å². The number of rotatable bonds is 4. The van der Waals surface area contributed by atoms with Crippen LogP contribution in [0.15, 0.2) is 29.3 Å². The molecule has 0 fully saturated rings. The Hall–Kier alpha value is -1.11. The molecule has 0 saturated heterocycles. The summed E-state index contributed by atoms with van der Waals surface area (Å²) in [5.41, 5.74) is 11.9. The fraction of sp³-hybridized carbons (Fsp3) is 0.200. The third-order valence-corrected chi connectivity index (χ3v) is 2.40. The van der Waals surface area contributed by atoms with Crippen LogP contribution in [0.4, 0.5) is 0 Å². The van der Waals surface area contributed by atoms with Gasteiger partial charge in [0.1, 0.15) is 5.84 Å². The highest BCUT2D eigenvalue weighted by molar-refractivity contribution is 14.1. The second-order valence-corrected chi connectivity index (χ2v) is 4.39. The van der Waals surface area contributed by atoms with Crippen LogP contribution in [0.1, 0.15) is 12.0 Å². The zero-order chi connectivity index (χ0) is 11.3. The summed E-state index contributed by atoms with van der Waals surface area (Å²) in [6.07, 6.45) is 0.240. The van der Waals surface area contributed by atoms with Gasteiger partial charge in [0.25, 0.3) is 0 Å². The first-order chi connectivity index (χ1) is 7.08. The van der Waals surface area contributed by atoms with Gasteiger partial charge in [0.15, 0.2) is 0 Å². The van der Waals surface area contributed by atoms with E-state index in [1.54, 1.807) is 0 Å². The summed E-state index contributed by atoms with van der Waals surface area (Å²) >= 11 is 2.25. The number of nitrogens with two attached hydrogens (primary N) is 2. The second-order valence-electron chi connectivity index (χ2n) is 3.14. The Morgan fingerprint density at radius 3 is 2.73 bits per heavy atom. The quantitative estimate of drug-likeness (QED) is 0.446. The van der Waals surface area contributed by atoms with Crippen molar-refractivity contribution in [3.8, 4) is 0 Å². The molecule has 0 aliphatic heterocycles. The second kappa shape index (κ2) is 5.69. The van der Waals surface area contributed by atoms with Crippen molar-refractivity contribution in [2.24, 2.45) is 16.5 Å². The monoisotopic (exact) mass is 316 g/mol. The lowest BCUT2D eigenvalue weighted by Crippen LogP contribution is -2.21. The highest BCUT2D eigenvalue weighted by Gasteiger charge is 1.96. The van der Waals surface area contributed by atoms with Crippen molar-refractivity contribution in [2.75, 3.05) is 0 Å². The average Bonchev–Trinajstić information content (AvgIpc) is 2.14. The van der Waals surface area contributed by atoms with Crippen LogP contribution in [0.5, 0.6) is 0 Å². The first kappa shape index (κ1) is 12.0. The van der Waals surface area contributed by atoms with Crippen LogP contribution in [0, 0.1) is 8.98 Å². The number of aliphatic imine (C=N–C) groups is 1. The van der Waals surface area contributed by atoms with Gasteiger partial charge < -0.3 is 11.5 Å². The molecule has 0 aliphatic rings. The Morgan fingerprint density at radius 2 is 2.13 bits per heavy atom. The number of hydrogen-bond donors (Lipinski definition) is 3. The Morgan fingerprint density at radius 1 is 1.40 bits per heavy atom. The molecule has 0 unspecified atom stereocenters. The molecule has 0 atom stereocenters. The summed E-state index contributed by atoms with van der Waals surface area (Å²) in [7, 11) is 0. The molecule has 0 bridgehead atoms. The van der Waals surface area contributed by atoms with Crippen molar-refractivity contribution in [2.45, 2.75) is 13.0 Å². The van der Waals surface area contributed by atoms with Crippen LogP contribution < -0.4 is 11.5 Å². The number of benzene rings is 1. The Balaban J connectivity index is 2.59. The van der Waals surface area contributed by atoms with Crippen LogP contribution in [0.3, 0.4) is 0 Å². The molecule has 0 radical (unpaired) electrons. The zero-order valence-corrected chi connectivity index (χ0v) is 10.4. The summed E-state index contributed by atoms with van der Waals surface area (Å²) in [4.78, 5) is 4.15. The van der Waals surface area contributed by atoms with Crippen molar-refractivity contribution in [3.63, 3.8) is 0 Å². The van der Waals surface area contributed by atoms with E-state index in [2.05, 4.69) is 27.6 Å². The molecule has 1 rings (SSSR count). The first-order valence-corrected chi connectivity index (χ1v) is 5.52. The van der Waals surface area contributed by atoms with Gasteiger partial charge >= 0.3 is 0 Å². The molecule has 0 saturated carbocycles. The summed E-state index contributed by atoms with van der Waals surface area (Å²) in [5, 5.41) is 7.06. The third kappa shape index (κ3) is 4.78. The lowest BCUT2D eigenvalue weighted by atomic mass is 10.2. The van der Waals surface area contributed by atoms with E-state index in [1.807, 2.05) is 24.3 Å². The van der Waals surface area contributed by atoms with Crippen molar-refractivity contribution in [1.82, 2.24) is 0 Å². The van der Waals surface area contributed by atoms with E-state index in [0.717, 1.165) is 5.56 Å². The van der Waals surface area contributed by atoms with E-state index >= 15 is 0 Å². The molecule has 80 valence electrons. The maximum Gasteiger partial charge on any atom is 0.102 e. The Labute approximate surface area is 102 Å². The highest BCUT2D eigenvalue weighted by atomic mass is 127. The van der Waals surface area contributed by atoms with Crippen LogP contribution in [-0.2, 0) is 6.54 Å². The predicted molar refractivity (Wildman–Crippen MR) is 71.0 cm³/mol. The maximum atomic E-state index is 7.06.